The van der Waals surface area contributed by atoms with Crippen molar-refractivity contribution in [1.29, 1.82) is 0 Å². The van der Waals surface area contributed by atoms with Crippen LogP contribution in [0.4, 0.5) is 0 Å². The first-order chi connectivity index (χ1) is 16.1. The zero-order valence-corrected chi connectivity index (χ0v) is 18.9. The third kappa shape index (κ3) is 3.74. The molecule has 0 unspecified atom stereocenters. The number of hydrogen-bond donors (Lipinski definition) is 0. The lowest BCUT2D eigenvalue weighted by atomic mass is 10.1. The fourth-order valence-corrected chi connectivity index (χ4v) is 4.36. The number of methoxy groups -OCH3 is 2. The molecule has 0 bridgehead atoms. The molecule has 3 aromatic carbocycles. The van der Waals surface area contributed by atoms with Crippen LogP contribution in [0.1, 0.15) is 16.7 Å². The summed E-state index contributed by atoms with van der Waals surface area (Å²) in [6.45, 7) is 2.97. The van der Waals surface area contributed by atoms with E-state index >= 15 is 0 Å². The minimum atomic E-state index is -0.0809. The minimum absolute atomic E-state index is 0.0809. The monoisotopic (exact) mass is 439 g/mol. The second kappa shape index (κ2) is 8.47. The fraction of sp³-hybridized carbons (Fsp3) is 0.185. The maximum absolute atomic E-state index is 13.8. The first-order valence-corrected chi connectivity index (χ1v) is 10.8. The van der Waals surface area contributed by atoms with Gasteiger partial charge >= 0.3 is 0 Å². The predicted molar refractivity (Wildman–Crippen MR) is 130 cm³/mol. The second-order valence-electron chi connectivity index (χ2n) is 8.14. The predicted octanol–water partition coefficient (Wildman–Crippen LogP) is 4.77. The average Bonchev–Trinajstić information content (AvgIpc) is 3.14. The van der Waals surface area contributed by atoms with Gasteiger partial charge in [0.15, 0.2) is 0 Å². The van der Waals surface area contributed by atoms with E-state index in [9.17, 15) is 4.79 Å². The van der Waals surface area contributed by atoms with Crippen molar-refractivity contribution in [3.05, 3.63) is 100 Å². The number of benzene rings is 3. The van der Waals surface area contributed by atoms with Crippen molar-refractivity contribution < 1.29 is 9.47 Å². The molecule has 0 amide bonds. The van der Waals surface area contributed by atoms with Crippen molar-refractivity contribution >= 4 is 21.9 Å². The maximum atomic E-state index is 13.8. The fourth-order valence-electron chi connectivity index (χ4n) is 4.36. The Balaban J connectivity index is 1.71. The van der Waals surface area contributed by atoms with Crippen molar-refractivity contribution in [3.8, 4) is 11.5 Å². The van der Waals surface area contributed by atoms with Gasteiger partial charge in [-0.2, -0.15) is 0 Å². The van der Waals surface area contributed by atoms with Crippen LogP contribution in [0, 0.1) is 6.92 Å². The van der Waals surface area contributed by atoms with Crippen LogP contribution in [-0.2, 0) is 13.1 Å². The number of aromatic nitrogens is 3. The smallest absolute Gasteiger partial charge is 0.278 e. The molecule has 33 heavy (non-hydrogen) atoms. The van der Waals surface area contributed by atoms with Gasteiger partial charge in [0.25, 0.3) is 5.56 Å². The normalized spacial score (nSPS) is 11.2. The van der Waals surface area contributed by atoms with Crippen LogP contribution in [0.15, 0.2) is 77.9 Å². The molecule has 0 fully saturated rings. The van der Waals surface area contributed by atoms with Gasteiger partial charge in [-0.1, -0.05) is 42.0 Å². The van der Waals surface area contributed by atoms with Gasteiger partial charge in [-0.15, -0.1) is 0 Å². The van der Waals surface area contributed by atoms with Crippen LogP contribution in [0.3, 0.4) is 0 Å². The Morgan fingerprint density at radius 2 is 1.76 bits per heavy atom. The lowest BCUT2D eigenvalue weighted by Gasteiger charge is -2.12. The Morgan fingerprint density at radius 3 is 2.58 bits per heavy atom. The van der Waals surface area contributed by atoms with Crippen molar-refractivity contribution in [2.75, 3.05) is 14.2 Å². The Bertz CT molecular complexity index is 1530. The molecule has 5 aromatic rings. The number of hydrogen-bond acceptors (Lipinski definition) is 4. The van der Waals surface area contributed by atoms with E-state index in [-0.39, 0.29) is 5.56 Å². The van der Waals surface area contributed by atoms with Gasteiger partial charge in [-0.25, -0.2) is 4.98 Å². The highest BCUT2D eigenvalue weighted by molar-refractivity contribution is 6.05. The summed E-state index contributed by atoms with van der Waals surface area (Å²) in [5.74, 6) is 1.54. The number of ether oxygens (including phenoxy) is 2. The lowest BCUT2D eigenvalue weighted by molar-refractivity contribution is 0.408. The van der Waals surface area contributed by atoms with E-state index < -0.39 is 0 Å². The topological polar surface area (TPSA) is 58.3 Å². The average molecular weight is 440 g/mol. The third-order valence-electron chi connectivity index (χ3n) is 5.99. The van der Waals surface area contributed by atoms with Gasteiger partial charge < -0.3 is 14.0 Å². The highest BCUT2D eigenvalue weighted by Crippen LogP contribution is 2.28. The molecule has 0 N–H and O–H groups in total. The van der Waals surface area contributed by atoms with Gasteiger partial charge in [-0.3, -0.25) is 9.36 Å². The van der Waals surface area contributed by atoms with Crippen LogP contribution in [0.5, 0.6) is 11.5 Å². The van der Waals surface area contributed by atoms with E-state index in [0.717, 1.165) is 44.6 Å². The zero-order valence-electron chi connectivity index (χ0n) is 18.9. The Morgan fingerprint density at radius 1 is 0.909 bits per heavy atom. The summed E-state index contributed by atoms with van der Waals surface area (Å²) in [5, 5.41) is 0.981. The number of para-hydroxylation sites is 1. The standard InChI is InChI=1S/C27H25N3O3/c1-18-11-12-23-22(13-18)25-26(30(23)15-19-7-6-9-21(14-19)32-2)27(31)29(17-28-25)16-20-8-4-5-10-24(20)33-3/h4-14,17H,15-16H2,1-3H3. The van der Waals surface area contributed by atoms with Crippen LogP contribution < -0.4 is 15.0 Å². The van der Waals surface area contributed by atoms with Gasteiger partial charge in [0, 0.05) is 17.5 Å². The number of nitrogens with zero attached hydrogens (tertiary/aromatic N) is 3. The molecule has 166 valence electrons. The van der Waals surface area contributed by atoms with Crippen LogP contribution in [-0.4, -0.2) is 28.3 Å². The summed E-state index contributed by atoms with van der Waals surface area (Å²) in [6.07, 6.45) is 1.63. The minimum Gasteiger partial charge on any atom is -0.497 e. The van der Waals surface area contributed by atoms with Gasteiger partial charge in [-0.05, 0) is 42.8 Å². The van der Waals surface area contributed by atoms with Gasteiger partial charge in [0.2, 0.25) is 0 Å². The van der Waals surface area contributed by atoms with E-state index in [1.54, 1.807) is 25.1 Å². The lowest BCUT2D eigenvalue weighted by Crippen LogP contribution is -2.23. The molecular formula is C27H25N3O3. The van der Waals surface area contributed by atoms with Crippen molar-refractivity contribution in [2.24, 2.45) is 0 Å². The second-order valence-corrected chi connectivity index (χ2v) is 8.14. The number of fused-ring (bicyclic) bond motifs is 3. The molecule has 2 heterocycles. The molecule has 0 saturated carbocycles. The number of aryl methyl sites for hydroxylation is 1. The summed E-state index contributed by atoms with van der Waals surface area (Å²) in [5.41, 5.74) is 5.32. The molecule has 2 aromatic heterocycles. The molecule has 0 aliphatic heterocycles. The quantitative estimate of drug-likeness (QED) is 0.382. The first-order valence-electron chi connectivity index (χ1n) is 10.8. The van der Waals surface area contributed by atoms with Crippen LogP contribution in [0.25, 0.3) is 21.9 Å². The molecule has 0 aliphatic rings. The van der Waals surface area contributed by atoms with Crippen molar-refractivity contribution in [2.45, 2.75) is 20.0 Å². The van der Waals surface area contributed by atoms with Gasteiger partial charge in [0.05, 0.1) is 32.6 Å². The summed E-state index contributed by atoms with van der Waals surface area (Å²) in [4.78, 5) is 18.5. The molecule has 0 aliphatic carbocycles. The summed E-state index contributed by atoms with van der Waals surface area (Å²) >= 11 is 0. The van der Waals surface area contributed by atoms with E-state index in [0.29, 0.717) is 18.6 Å². The summed E-state index contributed by atoms with van der Waals surface area (Å²) in [7, 11) is 3.29. The van der Waals surface area contributed by atoms with Crippen LogP contribution >= 0.6 is 0 Å². The highest BCUT2D eigenvalue weighted by atomic mass is 16.5. The molecule has 6 nitrogen and oxygen atoms in total. The molecule has 0 saturated heterocycles. The molecule has 0 radical (unpaired) electrons. The van der Waals surface area contributed by atoms with E-state index in [4.69, 9.17) is 14.5 Å². The van der Waals surface area contributed by atoms with E-state index in [2.05, 4.69) is 22.8 Å². The van der Waals surface area contributed by atoms with E-state index in [1.807, 2.05) is 55.5 Å². The zero-order chi connectivity index (χ0) is 22.9. The highest BCUT2D eigenvalue weighted by Gasteiger charge is 2.18. The summed E-state index contributed by atoms with van der Waals surface area (Å²) in [6, 6.07) is 21.9. The molecule has 6 heteroatoms. The number of rotatable bonds is 6. The Hall–Kier alpha value is -4.06. The first kappa shape index (κ1) is 20.8. The Labute approximate surface area is 191 Å². The van der Waals surface area contributed by atoms with Gasteiger partial charge in [0.1, 0.15) is 22.5 Å². The summed E-state index contributed by atoms with van der Waals surface area (Å²) < 4.78 is 14.6. The molecule has 0 spiro atoms. The largest absolute Gasteiger partial charge is 0.497 e. The molecule has 0 atom stereocenters. The SMILES string of the molecule is COc1cccc(Cn2c3ccc(C)cc3c3ncn(Cc4ccccc4OC)c(=O)c32)c1. The van der Waals surface area contributed by atoms with E-state index in [1.165, 1.54) is 0 Å². The maximum Gasteiger partial charge on any atom is 0.278 e. The van der Waals surface area contributed by atoms with Crippen molar-refractivity contribution in [1.82, 2.24) is 14.1 Å². The molecule has 5 rings (SSSR count). The third-order valence-corrected chi connectivity index (χ3v) is 5.99. The Kier molecular flexibility index (Phi) is 5.34. The molecular weight excluding hydrogens is 414 g/mol. The van der Waals surface area contributed by atoms with Crippen LogP contribution in [0.2, 0.25) is 0 Å². The van der Waals surface area contributed by atoms with Crippen molar-refractivity contribution in [3.63, 3.8) is 0 Å².